The second kappa shape index (κ2) is 6.38. The van der Waals surface area contributed by atoms with E-state index in [0.717, 1.165) is 5.56 Å². The Labute approximate surface area is 115 Å². The van der Waals surface area contributed by atoms with Gasteiger partial charge in [0.25, 0.3) is 0 Å². The molecule has 0 spiro atoms. The lowest BCUT2D eigenvalue weighted by Gasteiger charge is -2.31. The molecule has 0 radical (unpaired) electrons. The highest BCUT2D eigenvalue weighted by molar-refractivity contribution is 5.75. The van der Waals surface area contributed by atoms with Crippen LogP contribution in [0.2, 0.25) is 0 Å². The van der Waals surface area contributed by atoms with Gasteiger partial charge in [0.05, 0.1) is 11.5 Å². The highest BCUT2D eigenvalue weighted by atomic mass is 16.2. The molecular formula is C16H22N2O. The van der Waals surface area contributed by atoms with Crippen LogP contribution in [0, 0.1) is 17.2 Å². The summed E-state index contributed by atoms with van der Waals surface area (Å²) >= 11 is 0. The average Bonchev–Trinajstić information content (AvgIpc) is 2.40. The Bertz CT molecular complexity index is 459. The first-order chi connectivity index (χ1) is 8.94. The second-order valence-corrected chi connectivity index (χ2v) is 5.39. The normalized spacial score (nSPS) is 13.7. The summed E-state index contributed by atoms with van der Waals surface area (Å²) in [4.78, 5) is 13.4. The van der Waals surface area contributed by atoms with E-state index >= 15 is 0 Å². The SMILES string of the molecule is CC(C)C(C#N)(CCC(=O)N(C)C)c1ccccc1. The molecule has 0 aliphatic rings. The van der Waals surface area contributed by atoms with Crippen LogP contribution in [0.1, 0.15) is 32.3 Å². The topological polar surface area (TPSA) is 44.1 Å². The average molecular weight is 258 g/mol. The van der Waals surface area contributed by atoms with Gasteiger partial charge in [0.2, 0.25) is 5.91 Å². The molecule has 0 saturated heterocycles. The number of benzene rings is 1. The van der Waals surface area contributed by atoms with Gasteiger partial charge in [-0.15, -0.1) is 0 Å². The molecule has 3 nitrogen and oxygen atoms in total. The molecule has 1 atom stereocenters. The van der Waals surface area contributed by atoms with E-state index in [4.69, 9.17) is 0 Å². The van der Waals surface area contributed by atoms with Crippen LogP contribution in [0.15, 0.2) is 30.3 Å². The van der Waals surface area contributed by atoms with Gasteiger partial charge in [0, 0.05) is 20.5 Å². The Balaban J connectivity index is 3.02. The lowest BCUT2D eigenvalue weighted by Crippen LogP contribution is -2.33. The first-order valence-corrected chi connectivity index (χ1v) is 6.61. The summed E-state index contributed by atoms with van der Waals surface area (Å²) in [5, 5.41) is 9.68. The molecular weight excluding hydrogens is 236 g/mol. The van der Waals surface area contributed by atoms with Crippen molar-refractivity contribution in [2.75, 3.05) is 14.1 Å². The van der Waals surface area contributed by atoms with Gasteiger partial charge in [-0.3, -0.25) is 4.79 Å². The minimum Gasteiger partial charge on any atom is -0.349 e. The van der Waals surface area contributed by atoms with Crippen LogP contribution in [0.5, 0.6) is 0 Å². The highest BCUT2D eigenvalue weighted by Crippen LogP contribution is 2.36. The van der Waals surface area contributed by atoms with Crippen LogP contribution in [-0.2, 0) is 10.2 Å². The van der Waals surface area contributed by atoms with Gasteiger partial charge in [-0.1, -0.05) is 44.2 Å². The number of hydrogen-bond donors (Lipinski definition) is 0. The maximum absolute atomic E-state index is 11.8. The monoisotopic (exact) mass is 258 g/mol. The zero-order valence-electron chi connectivity index (χ0n) is 12.2. The highest BCUT2D eigenvalue weighted by Gasteiger charge is 2.36. The Morgan fingerprint density at radius 2 is 1.89 bits per heavy atom. The number of rotatable bonds is 5. The summed E-state index contributed by atoms with van der Waals surface area (Å²) in [5.74, 6) is 0.228. The Kier molecular flexibility index (Phi) is 5.11. The van der Waals surface area contributed by atoms with Crippen LogP contribution in [0.3, 0.4) is 0 Å². The number of amides is 1. The molecule has 3 heteroatoms. The van der Waals surface area contributed by atoms with Crippen LogP contribution in [-0.4, -0.2) is 24.9 Å². The van der Waals surface area contributed by atoms with E-state index in [1.807, 2.05) is 44.2 Å². The van der Waals surface area contributed by atoms with Crippen molar-refractivity contribution >= 4 is 5.91 Å². The molecule has 1 amide bonds. The van der Waals surface area contributed by atoms with Gasteiger partial charge in [-0.2, -0.15) is 5.26 Å². The molecule has 0 fully saturated rings. The van der Waals surface area contributed by atoms with Crippen molar-refractivity contribution in [3.05, 3.63) is 35.9 Å². The van der Waals surface area contributed by atoms with Crippen LogP contribution >= 0.6 is 0 Å². The summed E-state index contributed by atoms with van der Waals surface area (Å²) < 4.78 is 0. The number of carbonyl (C=O) groups excluding carboxylic acids is 1. The first kappa shape index (κ1) is 15.2. The molecule has 102 valence electrons. The standard InChI is InChI=1S/C16H22N2O/c1-13(2)16(12-17,11-10-15(19)18(3)4)14-8-6-5-7-9-14/h5-9,13H,10-11H2,1-4H3. The molecule has 0 bridgehead atoms. The van der Waals surface area contributed by atoms with Gasteiger partial charge in [-0.25, -0.2) is 0 Å². The molecule has 0 saturated carbocycles. The van der Waals surface area contributed by atoms with Gasteiger partial charge in [-0.05, 0) is 17.9 Å². The summed E-state index contributed by atoms with van der Waals surface area (Å²) in [5.41, 5.74) is 0.409. The van der Waals surface area contributed by atoms with Crippen LogP contribution in [0.25, 0.3) is 0 Å². The molecule has 0 N–H and O–H groups in total. The van der Waals surface area contributed by atoms with Crippen molar-refractivity contribution < 1.29 is 4.79 Å². The minimum absolute atomic E-state index is 0.0659. The van der Waals surface area contributed by atoms with E-state index in [2.05, 4.69) is 6.07 Å². The van der Waals surface area contributed by atoms with E-state index in [9.17, 15) is 10.1 Å². The van der Waals surface area contributed by atoms with E-state index in [-0.39, 0.29) is 11.8 Å². The van der Waals surface area contributed by atoms with Crippen molar-refractivity contribution in [1.29, 1.82) is 5.26 Å². The third kappa shape index (κ3) is 3.35. The fraction of sp³-hybridized carbons (Fsp3) is 0.500. The molecule has 1 aromatic carbocycles. The van der Waals surface area contributed by atoms with Crippen molar-refractivity contribution in [3.8, 4) is 6.07 Å². The molecule has 0 aromatic heterocycles. The van der Waals surface area contributed by atoms with Gasteiger partial charge >= 0.3 is 0 Å². The summed E-state index contributed by atoms with van der Waals surface area (Å²) in [6.07, 6.45) is 0.954. The van der Waals surface area contributed by atoms with Gasteiger partial charge in [0.15, 0.2) is 0 Å². The molecule has 1 unspecified atom stereocenters. The summed E-state index contributed by atoms with van der Waals surface area (Å²) in [6.45, 7) is 4.08. The largest absolute Gasteiger partial charge is 0.349 e. The van der Waals surface area contributed by atoms with Crippen molar-refractivity contribution in [2.24, 2.45) is 5.92 Å². The Hall–Kier alpha value is -1.82. The van der Waals surface area contributed by atoms with Crippen molar-refractivity contribution in [1.82, 2.24) is 4.90 Å². The van der Waals surface area contributed by atoms with E-state index in [0.29, 0.717) is 12.8 Å². The number of nitrogens with zero attached hydrogens (tertiary/aromatic N) is 2. The minimum atomic E-state index is -0.590. The van der Waals surface area contributed by atoms with E-state index in [1.54, 1.807) is 19.0 Å². The zero-order chi connectivity index (χ0) is 14.5. The molecule has 0 heterocycles. The first-order valence-electron chi connectivity index (χ1n) is 6.61. The van der Waals surface area contributed by atoms with Crippen LogP contribution < -0.4 is 0 Å². The molecule has 1 aromatic rings. The number of carbonyl (C=O) groups is 1. The predicted molar refractivity (Wildman–Crippen MR) is 76.5 cm³/mol. The summed E-state index contributed by atoms with van der Waals surface area (Å²) in [7, 11) is 3.49. The van der Waals surface area contributed by atoms with Crippen molar-refractivity contribution in [3.63, 3.8) is 0 Å². The van der Waals surface area contributed by atoms with Crippen molar-refractivity contribution in [2.45, 2.75) is 32.1 Å². The fourth-order valence-electron chi connectivity index (χ4n) is 2.28. The third-order valence-electron chi connectivity index (χ3n) is 3.71. The zero-order valence-corrected chi connectivity index (χ0v) is 12.2. The van der Waals surface area contributed by atoms with Crippen LogP contribution in [0.4, 0.5) is 0 Å². The quantitative estimate of drug-likeness (QED) is 0.815. The van der Waals surface area contributed by atoms with E-state index in [1.165, 1.54) is 0 Å². The maximum atomic E-state index is 11.8. The third-order valence-corrected chi connectivity index (χ3v) is 3.71. The molecule has 1 rings (SSSR count). The second-order valence-electron chi connectivity index (χ2n) is 5.39. The lowest BCUT2D eigenvalue weighted by atomic mass is 9.70. The lowest BCUT2D eigenvalue weighted by molar-refractivity contribution is -0.129. The van der Waals surface area contributed by atoms with Gasteiger partial charge in [0.1, 0.15) is 0 Å². The van der Waals surface area contributed by atoms with Gasteiger partial charge < -0.3 is 4.90 Å². The molecule has 0 aliphatic carbocycles. The predicted octanol–water partition coefficient (Wildman–Crippen LogP) is 2.97. The smallest absolute Gasteiger partial charge is 0.222 e. The number of hydrogen-bond acceptors (Lipinski definition) is 2. The maximum Gasteiger partial charge on any atom is 0.222 e. The molecule has 19 heavy (non-hydrogen) atoms. The Morgan fingerprint density at radius 3 is 2.32 bits per heavy atom. The summed E-state index contributed by atoms with van der Waals surface area (Å²) in [6, 6.07) is 12.2. The number of nitriles is 1. The molecule has 0 aliphatic heterocycles. The Morgan fingerprint density at radius 1 is 1.32 bits per heavy atom. The van der Waals surface area contributed by atoms with E-state index < -0.39 is 5.41 Å². The fourth-order valence-corrected chi connectivity index (χ4v) is 2.28.